The Bertz CT molecular complexity index is 926. The van der Waals surface area contributed by atoms with Crippen LogP contribution in [-0.2, 0) is 12.6 Å². The summed E-state index contributed by atoms with van der Waals surface area (Å²) in [7, 11) is 0. The van der Waals surface area contributed by atoms with Crippen LogP contribution >= 0.6 is 0 Å². The second-order valence-electron chi connectivity index (χ2n) is 6.09. The van der Waals surface area contributed by atoms with Crippen molar-refractivity contribution < 1.29 is 18.0 Å². The predicted octanol–water partition coefficient (Wildman–Crippen LogP) is 5.01. The van der Waals surface area contributed by atoms with Crippen molar-refractivity contribution in [1.29, 1.82) is 0 Å². The van der Waals surface area contributed by atoms with Gasteiger partial charge in [0.25, 0.3) is 5.91 Å². The van der Waals surface area contributed by atoms with Gasteiger partial charge in [-0.25, -0.2) is 4.98 Å². The molecule has 0 aliphatic rings. The number of hydrogen-bond donors (Lipinski definition) is 2. The summed E-state index contributed by atoms with van der Waals surface area (Å²) < 4.78 is 37.9. The summed E-state index contributed by atoms with van der Waals surface area (Å²) in [4.78, 5) is 16.7. The van der Waals surface area contributed by atoms with Crippen LogP contribution in [0.2, 0.25) is 0 Å². The summed E-state index contributed by atoms with van der Waals surface area (Å²) in [5, 5.41) is 5.74. The highest BCUT2D eigenvalue weighted by molar-refractivity contribution is 6.07. The van der Waals surface area contributed by atoms with Crippen molar-refractivity contribution >= 4 is 17.4 Å². The minimum Gasteiger partial charge on any atom is -0.369 e. The third kappa shape index (κ3) is 5.09. The number of hydrogen-bond acceptors (Lipinski definition) is 3. The average molecular weight is 385 g/mol. The summed E-state index contributed by atoms with van der Waals surface area (Å²) in [6.45, 7) is 0.585. The molecule has 3 rings (SSSR count). The van der Waals surface area contributed by atoms with E-state index in [0.717, 1.165) is 24.1 Å². The standard InChI is InChI=1S/C21H18F3N3O/c22-21(23,24)16-8-10-17(11-9-16)27-20(28)18-7-4-13-25-19(18)26-14-12-15-5-2-1-3-6-15/h1-11,13H,12,14H2,(H,25,26)(H,27,28). The molecule has 1 heterocycles. The van der Waals surface area contributed by atoms with Gasteiger partial charge in [-0.3, -0.25) is 4.79 Å². The zero-order valence-electron chi connectivity index (χ0n) is 14.8. The summed E-state index contributed by atoms with van der Waals surface area (Å²) >= 11 is 0. The van der Waals surface area contributed by atoms with Crippen LogP contribution in [0.5, 0.6) is 0 Å². The van der Waals surface area contributed by atoms with E-state index in [2.05, 4.69) is 15.6 Å². The number of carbonyl (C=O) groups is 1. The van der Waals surface area contributed by atoms with Gasteiger partial charge >= 0.3 is 6.18 Å². The summed E-state index contributed by atoms with van der Waals surface area (Å²) in [5.41, 5.74) is 0.976. The second kappa shape index (κ2) is 8.56. The first-order valence-electron chi connectivity index (χ1n) is 8.65. The molecule has 0 aliphatic carbocycles. The molecule has 0 spiro atoms. The number of carbonyl (C=O) groups excluding carboxylic acids is 1. The number of pyridine rings is 1. The minimum atomic E-state index is -4.41. The first kappa shape index (κ1) is 19.4. The number of nitrogens with one attached hydrogen (secondary N) is 2. The van der Waals surface area contributed by atoms with E-state index in [0.29, 0.717) is 17.9 Å². The maximum absolute atomic E-state index is 12.6. The van der Waals surface area contributed by atoms with E-state index in [1.54, 1.807) is 18.3 Å². The Kier molecular flexibility index (Phi) is 5.93. The SMILES string of the molecule is O=C(Nc1ccc(C(F)(F)F)cc1)c1cccnc1NCCc1ccccc1. The largest absolute Gasteiger partial charge is 0.416 e. The monoisotopic (exact) mass is 385 g/mol. The van der Waals surface area contributed by atoms with Gasteiger partial charge in [0.15, 0.2) is 0 Å². The zero-order chi connectivity index (χ0) is 20.0. The van der Waals surface area contributed by atoms with E-state index in [4.69, 9.17) is 0 Å². The highest BCUT2D eigenvalue weighted by atomic mass is 19.4. The molecule has 28 heavy (non-hydrogen) atoms. The quantitative estimate of drug-likeness (QED) is 0.627. The van der Waals surface area contributed by atoms with Crippen LogP contribution < -0.4 is 10.6 Å². The Morgan fingerprint density at radius 1 is 0.929 bits per heavy atom. The van der Waals surface area contributed by atoms with Crippen molar-refractivity contribution in [1.82, 2.24) is 4.98 Å². The topological polar surface area (TPSA) is 54.0 Å². The molecule has 0 unspecified atom stereocenters. The molecule has 4 nitrogen and oxygen atoms in total. The molecule has 2 aromatic carbocycles. The Morgan fingerprint density at radius 2 is 1.64 bits per heavy atom. The van der Waals surface area contributed by atoms with Gasteiger partial charge in [0.1, 0.15) is 5.82 Å². The van der Waals surface area contributed by atoms with Crippen LogP contribution in [0.15, 0.2) is 72.9 Å². The number of halogens is 3. The lowest BCUT2D eigenvalue weighted by atomic mass is 10.1. The molecule has 0 saturated heterocycles. The molecule has 2 N–H and O–H groups in total. The van der Waals surface area contributed by atoms with Gasteiger partial charge in [0.05, 0.1) is 11.1 Å². The molecule has 3 aromatic rings. The third-order valence-corrected chi connectivity index (χ3v) is 4.07. The van der Waals surface area contributed by atoms with E-state index in [9.17, 15) is 18.0 Å². The van der Waals surface area contributed by atoms with Gasteiger partial charge in [0, 0.05) is 18.4 Å². The lowest BCUT2D eigenvalue weighted by Gasteiger charge is -2.12. The Balaban J connectivity index is 1.65. The van der Waals surface area contributed by atoms with Crippen molar-refractivity contribution in [3.05, 3.63) is 89.6 Å². The maximum Gasteiger partial charge on any atom is 0.416 e. The summed E-state index contributed by atoms with van der Waals surface area (Å²) in [6.07, 6.45) is -2.08. The molecule has 0 aliphatic heterocycles. The van der Waals surface area contributed by atoms with Crippen LogP contribution in [0, 0.1) is 0 Å². The molecule has 144 valence electrons. The molecular weight excluding hydrogens is 367 g/mol. The highest BCUT2D eigenvalue weighted by Gasteiger charge is 2.30. The first-order valence-corrected chi connectivity index (χ1v) is 8.65. The van der Waals surface area contributed by atoms with E-state index >= 15 is 0 Å². The van der Waals surface area contributed by atoms with Crippen LogP contribution in [0.25, 0.3) is 0 Å². The number of alkyl halides is 3. The molecular formula is C21H18F3N3O. The van der Waals surface area contributed by atoms with Crippen molar-refractivity contribution in [3.63, 3.8) is 0 Å². The maximum atomic E-state index is 12.6. The molecule has 0 atom stereocenters. The van der Waals surface area contributed by atoms with Crippen LogP contribution in [-0.4, -0.2) is 17.4 Å². The Labute approximate surface area is 160 Å². The predicted molar refractivity (Wildman–Crippen MR) is 102 cm³/mol. The minimum absolute atomic E-state index is 0.275. The molecule has 1 aromatic heterocycles. The lowest BCUT2D eigenvalue weighted by Crippen LogP contribution is -2.17. The normalized spacial score (nSPS) is 11.1. The molecule has 1 amide bonds. The smallest absolute Gasteiger partial charge is 0.369 e. The fourth-order valence-electron chi connectivity index (χ4n) is 2.64. The number of nitrogens with zero attached hydrogens (tertiary/aromatic N) is 1. The third-order valence-electron chi connectivity index (χ3n) is 4.07. The zero-order valence-corrected chi connectivity index (χ0v) is 14.8. The first-order chi connectivity index (χ1) is 13.4. The van der Waals surface area contributed by atoms with Gasteiger partial charge in [-0.15, -0.1) is 0 Å². The Hall–Kier alpha value is -3.35. The molecule has 0 radical (unpaired) electrons. The average Bonchev–Trinajstić information content (AvgIpc) is 2.69. The van der Waals surface area contributed by atoms with Crippen LogP contribution in [0.4, 0.5) is 24.7 Å². The molecule has 0 bridgehead atoms. The van der Waals surface area contributed by atoms with Crippen molar-refractivity contribution in [2.75, 3.05) is 17.2 Å². The van der Waals surface area contributed by atoms with Gasteiger partial charge in [0.2, 0.25) is 0 Å². The van der Waals surface area contributed by atoms with Crippen LogP contribution in [0.1, 0.15) is 21.5 Å². The van der Waals surface area contributed by atoms with E-state index < -0.39 is 17.6 Å². The van der Waals surface area contributed by atoms with Gasteiger partial charge < -0.3 is 10.6 Å². The van der Waals surface area contributed by atoms with E-state index in [1.165, 1.54) is 12.1 Å². The highest BCUT2D eigenvalue weighted by Crippen LogP contribution is 2.30. The van der Waals surface area contributed by atoms with Gasteiger partial charge in [-0.2, -0.15) is 13.2 Å². The lowest BCUT2D eigenvalue weighted by molar-refractivity contribution is -0.137. The molecule has 7 heteroatoms. The summed E-state index contributed by atoms with van der Waals surface area (Å²) in [5.74, 6) is -0.0297. The van der Waals surface area contributed by atoms with Crippen molar-refractivity contribution in [2.24, 2.45) is 0 Å². The van der Waals surface area contributed by atoms with Gasteiger partial charge in [-0.1, -0.05) is 30.3 Å². The number of benzene rings is 2. The fraction of sp³-hybridized carbons (Fsp3) is 0.143. The van der Waals surface area contributed by atoms with Gasteiger partial charge in [-0.05, 0) is 48.4 Å². The van der Waals surface area contributed by atoms with Crippen molar-refractivity contribution in [2.45, 2.75) is 12.6 Å². The van der Waals surface area contributed by atoms with E-state index in [-0.39, 0.29) is 5.69 Å². The molecule has 0 saturated carbocycles. The summed E-state index contributed by atoms with van der Waals surface area (Å²) in [6, 6.07) is 17.4. The van der Waals surface area contributed by atoms with E-state index in [1.807, 2.05) is 30.3 Å². The van der Waals surface area contributed by atoms with Crippen molar-refractivity contribution in [3.8, 4) is 0 Å². The number of anilines is 2. The number of amides is 1. The number of rotatable bonds is 6. The van der Waals surface area contributed by atoms with Crippen LogP contribution in [0.3, 0.4) is 0 Å². The Morgan fingerprint density at radius 3 is 2.32 bits per heavy atom. The number of aromatic nitrogens is 1. The second-order valence-corrected chi connectivity index (χ2v) is 6.09. The fourth-order valence-corrected chi connectivity index (χ4v) is 2.64. The molecule has 0 fully saturated rings.